The lowest BCUT2D eigenvalue weighted by molar-refractivity contribution is -0.138. The summed E-state index contributed by atoms with van der Waals surface area (Å²) in [5, 5.41) is 13.6. The van der Waals surface area contributed by atoms with Gasteiger partial charge in [0.2, 0.25) is 0 Å². The van der Waals surface area contributed by atoms with Crippen molar-refractivity contribution in [1.29, 1.82) is 0 Å². The number of nitrogens with one attached hydrogen (secondary N) is 1. The maximum absolute atomic E-state index is 11.3. The van der Waals surface area contributed by atoms with Crippen molar-refractivity contribution in [2.45, 2.75) is 13.0 Å². The number of halogens is 1. The standard InChI is InChI=1S/C15H16N2O3.ClH/c1-9(18)10-2-3-12-7-13(5-4-11(12)6-10)17-8-14(16)15(19)20;/h2-7,14,17H,8,16H2,1H3,(H,19,20);1H. The van der Waals surface area contributed by atoms with Gasteiger partial charge in [-0.15, -0.1) is 12.4 Å². The highest BCUT2D eigenvalue weighted by Crippen LogP contribution is 2.20. The molecule has 0 saturated heterocycles. The van der Waals surface area contributed by atoms with Crippen LogP contribution in [0.5, 0.6) is 0 Å². The molecule has 6 heteroatoms. The molecule has 0 aromatic heterocycles. The Balaban J connectivity index is 0.00000220. The van der Waals surface area contributed by atoms with Crippen molar-refractivity contribution >= 4 is 40.6 Å². The molecule has 2 rings (SSSR count). The van der Waals surface area contributed by atoms with Gasteiger partial charge in [-0.3, -0.25) is 9.59 Å². The molecular weight excluding hydrogens is 292 g/mol. The van der Waals surface area contributed by atoms with Crippen LogP contribution in [0.15, 0.2) is 36.4 Å². The van der Waals surface area contributed by atoms with Gasteiger partial charge in [-0.25, -0.2) is 0 Å². The zero-order valence-corrected chi connectivity index (χ0v) is 12.3. The van der Waals surface area contributed by atoms with Crippen molar-refractivity contribution < 1.29 is 14.7 Å². The van der Waals surface area contributed by atoms with E-state index in [4.69, 9.17) is 10.8 Å². The summed E-state index contributed by atoms with van der Waals surface area (Å²) in [6.45, 7) is 1.69. The minimum absolute atomic E-state index is 0. The number of nitrogens with two attached hydrogens (primary N) is 1. The summed E-state index contributed by atoms with van der Waals surface area (Å²) >= 11 is 0. The Morgan fingerprint density at radius 2 is 1.81 bits per heavy atom. The Kier molecular flexibility index (Phi) is 5.69. The first-order valence-electron chi connectivity index (χ1n) is 6.24. The van der Waals surface area contributed by atoms with E-state index < -0.39 is 12.0 Å². The molecule has 4 N–H and O–H groups in total. The van der Waals surface area contributed by atoms with E-state index in [1.165, 1.54) is 6.92 Å². The lowest BCUT2D eigenvalue weighted by Gasteiger charge is -2.10. The molecular formula is C15H17ClN2O3. The largest absolute Gasteiger partial charge is 0.480 e. The molecule has 0 saturated carbocycles. The van der Waals surface area contributed by atoms with Gasteiger partial charge in [-0.1, -0.05) is 18.2 Å². The Hall–Kier alpha value is -2.11. The van der Waals surface area contributed by atoms with E-state index in [1.54, 1.807) is 6.07 Å². The second-order valence-electron chi connectivity index (χ2n) is 4.66. The van der Waals surface area contributed by atoms with Gasteiger partial charge >= 0.3 is 5.97 Å². The van der Waals surface area contributed by atoms with E-state index in [0.717, 1.165) is 16.5 Å². The van der Waals surface area contributed by atoms with E-state index in [-0.39, 0.29) is 24.7 Å². The van der Waals surface area contributed by atoms with Crippen LogP contribution >= 0.6 is 12.4 Å². The zero-order chi connectivity index (χ0) is 14.7. The summed E-state index contributed by atoms with van der Waals surface area (Å²) in [4.78, 5) is 22.0. The van der Waals surface area contributed by atoms with Crippen molar-refractivity contribution in [3.05, 3.63) is 42.0 Å². The van der Waals surface area contributed by atoms with Gasteiger partial charge in [0.25, 0.3) is 0 Å². The fraction of sp³-hybridized carbons (Fsp3) is 0.200. The van der Waals surface area contributed by atoms with Crippen molar-refractivity contribution in [2.75, 3.05) is 11.9 Å². The van der Waals surface area contributed by atoms with Crippen molar-refractivity contribution in [3.8, 4) is 0 Å². The Labute approximate surface area is 128 Å². The predicted molar refractivity (Wildman–Crippen MR) is 85.3 cm³/mol. The number of benzene rings is 2. The number of carboxylic acids is 1. The van der Waals surface area contributed by atoms with Crippen LogP contribution in [0.25, 0.3) is 10.8 Å². The normalized spacial score (nSPS) is 11.5. The van der Waals surface area contributed by atoms with Gasteiger partial charge in [0.15, 0.2) is 5.78 Å². The van der Waals surface area contributed by atoms with Crippen molar-refractivity contribution in [1.82, 2.24) is 0 Å². The Morgan fingerprint density at radius 3 is 2.43 bits per heavy atom. The third-order valence-corrected chi connectivity index (χ3v) is 3.09. The van der Waals surface area contributed by atoms with Gasteiger partial charge in [0, 0.05) is 17.8 Å². The zero-order valence-electron chi connectivity index (χ0n) is 11.5. The summed E-state index contributed by atoms with van der Waals surface area (Å²) in [7, 11) is 0. The summed E-state index contributed by atoms with van der Waals surface area (Å²) in [6.07, 6.45) is 0. The van der Waals surface area contributed by atoms with Gasteiger partial charge in [0.1, 0.15) is 6.04 Å². The maximum Gasteiger partial charge on any atom is 0.322 e. The molecule has 0 aliphatic rings. The number of Topliss-reactive ketones (excluding diaryl/α,β-unsaturated/α-hetero) is 1. The number of carboxylic acid groups (broad SMARTS) is 1. The van der Waals surface area contributed by atoms with E-state index in [2.05, 4.69) is 5.32 Å². The van der Waals surface area contributed by atoms with Crippen LogP contribution in [0.3, 0.4) is 0 Å². The summed E-state index contributed by atoms with van der Waals surface area (Å²) in [5.74, 6) is -1.01. The van der Waals surface area contributed by atoms with Crippen molar-refractivity contribution in [2.24, 2.45) is 5.73 Å². The first-order valence-corrected chi connectivity index (χ1v) is 6.24. The smallest absolute Gasteiger partial charge is 0.322 e. The quantitative estimate of drug-likeness (QED) is 0.737. The average Bonchev–Trinajstić information content (AvgIpc) is 2.43. The van der Waals surface area contributed by atoms with E-state index in [0.29, 0.717) is 5.56 Å². The Morgan fingerprint density at radius 1 is 1.19 bits per heavy atom. The van der Waals surface area contributed by atoms with Gasteiger partial charge < -0.3 is 16.2 Å². The number of ketones is 1. The number of aliphatic carboxylic acids is 1. The Bertz CT molecular complexity index is 673. The number of carbonyl (C=O) groups is 2. The van der Waals surface area contributed by atoms with Crippen LogP contribution in [0.2, 0.25) is 0 Å². The summed E-state index contributed by atoms with van der Waals surface area (Å²) in [5.41, 5.74) is 6.90. The van der Waals surface area contributed by atoms with E-state index in [9.17, 15) is 9.59 Å². The fourth-order valence-electron chi connectivity index (χ4n) is 1.89. The first-order chi connectivity index (χ1) is 9.47. The molecule has 112 valence electrons. The number of carbonyl (C=O) groups excluding carboxylic acids is 1. The monoisotopic (exact) mass is 308 g/mol. The van der Waals surface area contributed by atoms with E-state index >= 15 is 0 Å². The molecule has 1 atom stereocenters. The third-order valence-electron chi connectivity index (χ3n) is 3.09. The molecule has 0 aliphatic heterocycles. The number of hydrogen-bond donors (Lipinski definition) is 3. The maximum atomic E-state index is 11.3. The van der Waals surface area contributed by atoms with Crippen molar-refractivity contribution in [3.63, 3.8) is 0 Å². The van der Waals surface area contributed by atoms with Crippen LogP contribution < -0.4 is 11.1 Å². The van der Waals surface area contributed by atoms with Crippen LogP contribution in [0.4, 0.5) is 5.69 Å². The number of anilines is 1. The molecule has 0 spiro atoms. The molecule has 2 aromatic carbocycles. The molecule has 0 radical (unpaired) electrons. The van der Waals surface area contributed by atoms with Crippen LogP contribution in [-0.2, 0) is 4.79 Å². The fourth-order valence-corrected chi connectivity index (χ4v) is 1.89. The molecule has 2 aromatic rings. The second kappa shape index (κ2) is 7.06. The van der Waals surface area contributed by atoms with Gasteiger partial charge in [0.05, 0.1) is 0 Å². The molecule has 0 aliphatic carbocycles. The van der Waals surface area contributed by atoms with E-state index in [1.807, 2.05) is 30.3 Å². The molecule has 1 unspecified atom stereocenters. The molecule has 21 heavy (non-hydrogen) atoms. The molecule has 0 fully saturated rings. The van der Waals surface area contributed by atoms with Gasteiger partial charge in [-0.2, -0.15) is 0 Å². The highest BCUT2D eigenvalue weighted by atomic mass is 35.5. The predicted octanol–water partition coefficient (Wildman–Crippen LogP) is 2.29. The minimum atomic E-state index is -1.04. The minimum Gasteiger partial charge on any atom is -0.480 e. The highest BCUT2D eigenvalue weighted by molar-refractivity contribution is 5.99. The van der Waals surface area contributed by atoms with Crippen LogP contribution in [-0.4, -0.2) is 29.4 Å². The lowest BCUT2D eigenvalue weighted by atomic mass is 10.0. The summed E-state index contributed by atoms with van der Waals surface area (Å²) in [6, 6.07) is 10.2. The highest BCUT2D eigenvalue weighted by Gasteiger charge is 2.10. The van der Waals surface area contributed by atoms with Gasteiger partial charge in [-0.05, 0) is 35.9 Å². The second-order valence-corrected chi connectivity index (χ2v) is 4.66. The molecule has 0 bridgehead atoms. The molecule has 0 amide bonds. The SMILES string of the molecule is CC(=O)c1ccc2cc(NCC(N)C(=O)O)ccc2c1.Cl. The molecule has 0 heterocycles. The third kappa shape index (κ3) is 4.18. The first kappa shape index (κ1) is 16.9. The topological polar surface area (TPSA) is 92.4 Å². The van der Waals surface area contributed by atoms with Crippen LogP contribution in [0, 0.1) is 0 Å². The number of rotatable bonds is 5. The number of fused-ring (bicyclic) bond motifs is 1. The van der Waals surface area contributed by atoms with Crippen LogP contribution in [0.1, 0.15) is 17.3 Å². The summed E-state index contributed by atoms with van der Waals surface area (Å²) < 4.78 is 0. The number of hydrogen-bond acceptors (Lipinski definition) is 4. The molecule has 5 nitrogen and oxygen atoms in total. The lowest BCUT2D eigenvalue weighted by Crippen LogP contribution is -2.36. The average molecular weight is 309 g/mol.